The first-order valence-electron chi connectivity index (χ1n) is 9.77. The molecule has 0 saturated heterocycles. The Morgan fingerprint density at radius 2 is 1.64 bits per heavy atom. The third-order valence-electron chi connectivity index (χ3n) is 5.15. The summed E-state index contributed by atoms with van der Waals surface area (Å²) in [5, 5.41) is 3.96. The van der Waals surface area contributed by atoms with Crippen LogP contribution in [-0.2, 0) is 0 Å². The number of rotatable bonds is 5. The Hall–Kier alpha value is -3.68. The number of para-hydroxylation sites is 1. The number of amides is 1. The summed E-state index contributed by atoms with van der Waals surface area (Å²) in [5.41, 5.74) is 7.79. The van der Waals surface area contributed by atoms with E-state index in [0.717, 1.165) is 0 Å². The van der Waals surface area contributed by atoms with Gasteiger partial charge in [-0.15, -0.1) is 0 Å². The van der Waals surface area contributed by atoms with Gasteiger partial charge in [-0.1, -0.05) is 41.4 Å². The summed E-state index contributed by atoms with van der Waals surface area (Å²) in [6.45, 7) is 0. The molecule has 4 rings (SSSR count). The van der Waals surface area contributed by atoms with Gasteiger partial charge in [-0.05, 0) is 42.5 Å². The van der Waals surface area contributed by atoms with Crippen LogP contribution in [0, 0.1) is 0 Å². The van der Waals surface area contributed by atoms with Crippen LogP contribution in [0.2, 0.25) is 10.0 Å². The van der Waals surface area contributed by atoms with Gasteiger partial charge < -0.3 is 20.5 Å². The summed E-state index contributed by atoms with van der Waals surface area (Å²) in [5.74, 6) is -0.00946. The van der Waals surface area contributed by atoms with E-state index in [4.69, 9.17) is 38.4 Å². The molecule has 0 spiro atoms. The maximum atomic E-state index is 13.4. The topological polar surface area (TPSA) is 95.6 Å². The number of nitrogen functional groups attached to an aromatic ring is 1. The number of benzene rings is 3. The SMILES string of the molecule is COc1ccc(C(=O)n2c(N)c(C(=O)Nc3ccc(Cl)c(Cl)c3)c3ccccc32)cc1OC. The third kappa shape index (κ3) is 4.08. The average molecular weight is 484 g/mol. The van der Waals surface area contributed by atoms with Crippen LogP contribution in [0.3, 0.4) is 0 Å². The molecule has 0 atom stereocenters. The highest BCUT2D eigenvalue weighted by atomic mass is 35.5. The van der Waals surface area contributed by atoms with E-state index in [-0.39, 0.29) is 11.4 Å². The van der Waals surface area contributed by atoms with E-state index < -0.39 is 11.8 Å². The number of carbonyl (C=O) groups excluding carboxylic acids is 2. The number of aromatic nitrogens is 1. The Kier molecular flexibility index (Phi) is 6.18. The molecule has 1 aromatic heterocycles. The van der Waals surface area contributed by atoms with Crippen molar-refractivity contribution in [2.45, 2.75) is 0 Å². The smallest absolute Gasteiger partial charge is 0.264 e. The first-order valence-corrected chi connectivity index (χ1v) is 10.5. The van der Waals surface area contributed by atoms with E-state index >= 15 is 0 Å². The van der Waals surface area contributed by atoms with E-state index in [2.05, 4.69) is 5.32 Å². The summed E-state index contributed by atoms with van der Waals surface area (Å²) in [6, 6.07) is 16.5. The Morgan fingerprint density at radius 3 is 2.33 bits per heavy atom. The second-order valence-corrected chi connectivity index (χ2v) is 7.89. The Morgan fingerprint density at radius 1 is 0.909 bits per heavy atom. The van der Waals surface area contributed by atoms with E-state index in [1.807, 2.05) is 0 Å². The highest BCUT2D eigenvalue weighted by Gasteiger charge is 2.25. The maximum absolute atomic E-state index is 13.4. The normalized spacial score (nSPS) is 10.8. The largest absolute Gasteiger partial charge is 0.493 e. The molecule has 0 saturated carbocycles. The quantitative estimate of drug-likeness (QED) is 0.391. The van der Waals surface area contributed by atoms with Crippen molar-refractivity contribution in [2.24, 2.45) is 0 Å². The second-order valence-electron chi connectivity index (χ2n) is 7.07. The fourth-order valence-corrected chi connectivity index (χ4v) is 3.88. The molecular formula is C24H19Cl2N3O4. The van der Waals surface area contributed by atoms with Gasteiger partial charge in [0.15, 0.2) is 11.5 Å². The highest BCUT2D eigenvalue weighted by Crippen LogP contribution is 2.33. The summed E-state index contributed by atoms with van der Waals surface area (Å²) in [6.07, 6.45) is 0. The maximum Gasteiger partial charge on any atom is 0.264 e. The molecule has 3 aromatic carbocycles. The van der Waals surface area contributed by atoms with Crippen LogP contribution in [-0.4, -0.2) is 30.6 Å². The van der Waals surface area contributed by atoms with Crippen LogP contribution in [0.4, 0.5) is 11.5 Å². The predicted octanol–water partition coefficient (Wildman–Crippen LogP) is 5.49. The van der Waals surface area contributed by atoms with Gasteiger partial charge >= 0.3 is 0 Å². The van der Waals surface area contributed by atoms with Crippen LogP contribution in [0.1, 0.15) is 20.7 Å². The molecule has 7 nitrogen and oxygen atoms in total. The molecule has 0 aliphatic heterocycles. The van der Waals surface area contributed by atoms with Crippen molar-refractivity contribution in [3.05, 3.63) is 81.8 Å². The second kappa shape index (κ2) is 9.05. The number of carbonyl (C=O) groups is 2. The zero-order valence-corrected chi connectivity index (χ0v) is 19.2. The molecule has 33 heavy (non-hydrogen) atoms. The number of nitrogens with two attached hydrogens (primary N) is 1. The van der Waals surface area contributed by atoms with E-state index in [0.29, 0.717) is 43.7 Å². The van der Waals surface area contributed by atoms with Crippen LogP contribution < -0.4 is 20.5 Å². The first-order chi connectivity index (χ1) is 15.8. The first kappa shape index (κ1) is 22.5. The minimum absolute atomic E-state index is 0.00791. The van der Waals surface area contributed by atoms with Gasteiger partial charge in [0.25, 0.3) is 11.8 Å². The molecule has 1 amide bonds. The number of ether oxygens (including phenoxy) is 2. The van der Waals surface area contributed by atoms with E-state index in [9.17, 15) is 9.59 Å². The molecule has 3 N–H and O–H groups in total. The predicted molar refractivity (Wildman–Crippen MR) is 130 cm³/mol. The monoisotopic (exact) mass is 483 g/mol. The van der Waals surface area contributed by atoms with Crippen molar-refractivity contribution in [2.75, 3.05) is 25.3 Å². The van der Waals surface area contributed by atoms with Gasteiger partial charge in [0, 0.05) is 16.6 Å². The number of hydrogen-bond donors (Lipinski definition) is 2. The van der Waals surface area contributed by atoms with Crippen molar-refractivity contribution in [3.63, 3.8) is 0 Å². The lowest BCUT2D eigenvalue weighted by Crippen LogP contribution is -2.18. The fourth-order valence-electron chi connectivity index (χ4n) is 3.58. The summed E-state index contributed by atoms with van der Waals surface area (Å²) < 4.78 is 11.9. The molecule has 0 aliphatic carbocycles. The molecule has 0 fully saturated rings. The number of nitrogens with one attached hydrogen (secondary N) is 1. The van der Waals surface area contributed by atoms with Gasteiger partial charge in [-0.2, -0.15) is 0 Å². The van der Waals surface area contributed by atoms with Crippen molar-refractivity contribution in [1.82, 2.24) is 4.57 Å². The summed E-state index contributed by atoms with van der Waals surface area (Å²) in [7, 11) is 2.99. The number of fused-ring (bicyclic) bond motifs is 1. The van der Waals surface area contributed by atoms with Crippen LogP contribution >= 0.6 is 23.2 Å². The molecule has 9 heteroatoms. The van der Waals surface area contributed by atoms with E-state index in [1.54, 1.807) is 54.6 Å². The van der Waals surface area contributed by atoms with Crippen LogP contribution in [0.15, 0.2) is 60.7 Å². The Bertz CT molecular complexity index is 1400. The van der Waals surface area contributed by atoms with E-state index in [1.165, 1.54) is 24.9 Å². The summed E-state index contributed by atoms with van der Waals surface area (Å²) >= 11 is 12.0. The van der Waals surface area contributed by atoms with Crippen molar-refractivity contribution >= 4 is 57.4 Å². The van der Waals surface area contributed by atoms with Gasteiger partial charge in [0.05, 0.1) is 35.3 Å². The molecule has 4 aromatic rings. The Labute approximate surface area is 199 Å². The molecule has 1 heterocycles. The van der Waals surface area contributed by atoms with Crippen LogP contribution in [0.25, 0.3) is 10.9 Å². The van der Waals surface area contributed by atoms with Crippen molar-refractivity contribution in [3.8, 4) is 11.5 Å². The highest BCUT2D eigenvalue weighted by molar-refractivity contribution is 6.42. The lowest BCUT2D eigenvalue weighted by atomic mass is 10.1. The van der Waals surface area contributed by atoms with Gasteiger partial charge in [-0.3, -0.25) is 14.2 Å². The van der Waals surface area contributed by atoms with Gasteiger partial charge in [0.1, 0.15) is 5.82 Å². The molecule has 0 bridgehead atoms. The minimum atomic E-state index is -0.485. The zero-order chi connectivity index (χ0) is 23.7. The number of anilines is 2. The number of halogens is 2. The number of methoxy groups -OCH3 is 2. The standard InChI is InChI=1S/C24H19Cl2N3O4/c1-32-19-10-7-13(11-20(19)33-2)24(31)29-18-6-4-3-5-15(18)21(22(29)27)23(30)28-14-8-9-16(25)17(26)12-14/h3-12H,27H2,1-2H3,(H,28,30). The number of nitrogens with zero attached hydrogens (tertiary/aromatic N) is 1. The van der Waals surface area contributed by atoms with Gasteiger partial charge in [-0.25, -0.2) is 0 Å². The number of hydrogen-bond acceptors (Lipinski definition) is 5. The zero-order valence-electron chi connectivity index (χ0n) is 17.7. The molecule has 168 valence electrons. The van der Waals surface area contributed by atoms with Crippen molar-refractivity contribution in [1.29, 1.82) is 0 Å². The minimum Gasteiger partial charge on any atom is -0.493 e. The lowest BCUT2D eigenvalue weighted by molar-refractivity contribution is 0.0967. The molecule has 0 radical (unpaired) electrons. The molecule has 0 unspecified atom stereocenters. The average Bonchev–Trinajstić information content (AvgIpc) is 3.12. The summed E-state index contributed by atoms with van der Waals surface area (Å²) in [4.78, 5) is 26.6. The van der Waals surface area contributed by atoms with Crippen molar-refractivity contribution < 1.29 is 19.1 Å². The Balaban J connectivity index is 1.80. The third-order valence-corrected chi connectivity index (χ3v) is 5.89. The molecule has 0 aliphatic rings. The lowest BCUT2D eigenvalue weighted by Gasteiger charge is -2.11. The fraction of sp³-hybridized carbons (Fsp3) is 0.0833. The van der Waals surface area contributed by atoms with Crippen LogP contribution in [0.5, 0.6) is 11.5 Å². The van der Waals surface area contributed by atoms with Gasteiger partial charge in [0.2, 0.25) is 0 Å². The molecular weight excluding hydrogens is 465 g/mol.